The van der Waals surface area contributed by atoms with Gasteiger partial charge < -0.3 is 5.32 Å². The molecule has 0 radical (unpaired) electrons. The van der Waals surface area contributed by atoms with E-state index in [9.17, 15) is 4.39 Å². The maximum absolute atomic E-state index is 13.0. The van der Waals surface area contributed by atoms with Crippen LogP contribution in [0.3, 0.4) is 0 Å². The zero-order valence-electron chi connectivity index (χ0n) is 6.45. The van der Waals surface area contributed by atoms with Gasteiger partial charge in [0.15, 0.2) is 0 Å². The number of rotatable bonds is 1. The zero-order valence-corrected chi connectivity index (χ0v) is 7.21. The van der Waals surface area contributed by atoms with Crippen molar-refractivity contribution in [3.8, 4) is 0 Å². The molecule has 0 aromatic rings. The lowest BCUT2D eigenvalue weighted by Crippen LogP contribution is -2.07. The van der Waals surface area contributed by atoms with E-state index in [-0.39, 0.29) is 5.83 Å². The van der Waals surface area contributed by atoms with Crippen LogP contribution in [0.4, 0.5) is 4.39 Å². The molecule has 0 heterocycles. The fraction of sp³-hybridized carbons (Fsp3) is 0.500. The Hall–Kier alpha value is -0.500. The number of hydrogen-bond donors (Lipinski definition) is 1. The average Bonchev–Trinajstić information content (AvgIpc) is 2.13. The van der Waals surface area contributed by atoms with Crippen LogP contribution in [0, 0.1) is 0 Å². The molecule has 3 heteroatoms. The molecule has 1 N–H and O–H groups in total. The topological polar surface area (TPSA) is 12.0 Å². The minimum atomic E-state index is -0.0700. The average molecular weight is 176 g/mol. The van der Waals surface area contributed by atoms with Crippen molar-refractivity contribution < 1.29 is 4.39 Å². The third-order valence-electron chi connectivity index (χ3n) is 1.70. The smallest absolute Gasteiger partial charge is 0.119 e. The first-order chi connectivity index (χ1) is 5.24. The van der Waals surface area contributed by atoms with Crippen molar-refractivity contribution in [1.29, 1.82) is 0 Å². The van der Waals surface area contributed by atoms with Crippen LogP contribution in [0.25, 0.3) is 0 Å². The minimum absolute atomic E-state index is 0.0700. The molecular formula is C8H11ClFN. The van der Waals surface area contributed by atoms with E-state index in [4.69, 9.17) is 11.6 Å². The van der Waals surface area contributed by atoms with Gasteiger partial charge in [0.05, 0.1) is 0 Å². The largest absolute Gasteiger partial charge is 0.389 e. The summed E-state index contributed by atoms with van der Waals surface area (Å²) in [7, 11) is 1.71. The highest BCUT2D eigenvalue weighted by atomic mass is 35.5. The summed E-state index contributed by atoms with van der Waals surface area (Å²) in [5.74, 6) is -0.0700. The highest BCUT2D eigenvalue weighted by Gasteiger charge is 2.09. The second-order valence-electron chi connectivity index (χ2n) is 2.50. The van der Waals surface area contributed by atoms with Crippen molar-refractivity contribution in [3.63, 3.8) is 0 Å². The molecule has 0 saturated heterocycles. The Morgan fingerprint density at radius 3 is 3.00 bits per heavy atom. The minimum Gasteiger partial charge on any atom is -0.389 e. The highest BCUT2D eigenvalue weighted by molar-refractivity contribution is 6.29. The molecule has 11 heavy (non-hydrogen) atoms. The predicted octanol–water partition coefficient (Wildman–Crippen LogP) is 2.69. The van der Waals surface area contributed by atoms with E-state index in [1.807, 2.05) is 6.08 Å². The number of halogens is 2. The molecule has 0 bridgehead atoms. The summed E-state index contributed by atoms with van der Waals surface area (Å²) >= 11 is 5.78. The molecule has 0 amide bonds. The van der Waals surface area contributed by atoms with Gasteiger partial charge in [-0.25, -0.2) is 4.39 Å². The van der Waals surface area contributed by atoms with Crippen LogP contribution in [-0.4, -0.2) is 7.05 Å². The second kappa shape index (κ2) is 3.77. The summed E-state index contributed by atoms with van der Waals surface area (Å²) in [6.45, 7) is 0. The molecule has 0 aromatic heterocycles. The fourth-order valence-electron chi connectivity index (χ4n) is 1.07. The summed E-state index contributed by atoms with van der Waals surface area (Å²) in [6, 6.07) is 0. The molecule has 1 aliphatic carbocycles. The lowest BCUT2D eigenvalue weighted by atomic mass is 10.2. The Morgan fingerprint density at radius 2 is 2.36 bits per heavy atom. The lowest BCUT2D eigenvalue weighted by molar-refractivity contribution is 0.569. The summed E-state index contributed by atoms with van der Waals surface area (Å²) in [4.78, 5) is 0. The Balaban J connectivity index is 2.76. The van der Waals surface area contributed by atoms with E-state index in [2.05, 4.69) is 5.32 Å². The van der Waals surface area contributed by atoms with Crippen LogP contribution in [0.1, 0.15) is 19.3 Å². The van der Waals surface area contributed by atoms with Crippen molar-refractivity contribution in [3.05, 3.63) is 22.6 Å². The van der Waals surface area contributed by atoms with Gasteiger partial charge >= 0.3 is 0 Å². The lowest BCUT2D eigenvalue weighted by Gasteiger charge is -2.04. The summed E-state index contributed by atoms with van der Waals surface area (Å²) in [6.07, 6.45) is 3.54. The molecule has 1 rings (SSSR count). The second-order valence-corrected chi connectivity index (χ2v) is 2.99. The van der Waals surface area contributed by atoms with Crippen LogP contribution in [0.2, 0.25) is 0 Å². The summed E-state index contributed by atoms with van der Waals surface area (Å²) in [5, 5.41) is 3.53. The van der Waals surface area contributed by atoms with Crippen molar-refractivity contribution in [2.75, 3.05) is 7.05 Å². The molecule has 0 unspecified atom stereocenters. The number of nitrogens with one attached hydrogen (secondary N) is 1. The Labute approximate surface area is 70.9 Å². The van der Waals surface area contributed by atoms with Crippen molar-refractivity contribution in [2.24, 2.45) is 0 Å². The van der Waals surface area contributed by atoms with Crippen molar-refractivity contribution in [2.45, 2.75) is 19.3 Å². The molecule has 0 aliphatic heterocycles. The standard InChI is InChI=1S/C8H11ClFN/c1-11-8-5-6(9)3-2-4-7(8)10/h3,11H,2,4-5H2,1H3. The molecule has 0 fully saturated rings. The van der Waals surface area contributed by atoms with Crippen molar-refractivity contribution >= 4 is 11.6 Å². The number of allylic oxidation sites excluding steroid dienone is 3. The normalized spacial score (nSPS) is 19.4. The molecule has 0 atom stereocenters. The van der Waals surface area contributed by atoms with Gasteiger partial charge in [0.2, 0.25) is 0 Å². The molecule has 0 spiro atoms. The Kier molecular flexibility index (Phi) is 2.94. The molecule has 62 valence electrons. The maximum Gasteiger partial charge on any atom is 0.119 e. The van der Waals surface area contributed by atoms with E-state index >= 15 is 0 Å². The number of hydrogen-bond acceptors (Lipinski definition) is 1. The molecular weight excluding hydrogens is 165 g/mol. The van der Waals surface area contributed by atoms with Gasteiger partial charge in [-0.3, -0.25) is 0 Å². The Morgan fingerprint density at radius 1 is 1.64 bits per heavy atom. The third-order valence-corrected chi connectivity index (χ3v) is 1.99. The first-order valence-corrected chi connectivity index (χ1v) is 4.01. The van der Waals surface area contributed by atoms with Crippen LogP contribution >= 0.6 is 11.6 Å². The van der Waals surface area contributed by atoms with E-state index < -0.39 is 0 Å². The van der Waals surface area contributed by atoms with Gasteiger partial charge in [-0.15, -0.1) is 0 Å². The molecule has 0 saturated carbocycles. The molecule has 1 aliphatic rings. The quantitative estimate of drug-likeness (QED) is 0.646. The first-order valence-electron chi connectivity index (χ1n) is 3.64. The SMILES string of the molecule is CNC1=C(F)CCC=C(Cl)C1. The third kappa shape index (κ3) is 2.22. The van der Waals surface area contributed by atoms with Gasteiger partial charge in [0, 0.05) is 30.6 Å². The van der Waals surface area contributed by atoms with E-state index in [0.717, 1.165) is 5.03 Å². The van der Waals surface area contributed by atoms with Crippen LogP contribution < -0.4 is 5.32 Å². The molecule has 0 aromatic carbocycles. The van der Waals surface area contributed by atoms with Crippen LogP contribution in [-0.2, 0) is 0 Å². The first kappa shape index (κ1) is 8.60. The monoisotopic (exact) mass is 175 g/mol. The van der Waals surface area contributed by atoms with Gasteiger partial charge in [0.25, 0.3) is 0 Å². The van der Waals surface area contributed by atoms with Gasteiger partial charge in [-0.1, -0.05) is 17.7 Å². The maximum atomic E-state index is 13.0. The summed E-state index contributed by atoms with van der Waals surface area (Å²) < 4.78 is 13.0. The van der Waals surface area contributed by atoms with Crippen LogP contribution in [0.15, 0.2) is 22.6 Å². The van der Waals surface area contributed by atoms with E-state index in [1.165, 1.54) is 0 Å². The predicted molar refractivity (Wildman–Crippen MR) is 45.0 cm³/mol. The van der Waals surface area contributed by atoms with E-state index in [1.54, 1.807) is 7.05 Å². The summed E-state index contributed by atoms with van der Waals surface area (Å²) in [5.41, 5.74) is 0.615. The van der Waals surface area contributed by atoms with Gasteiger partial charge in [0.1, 0.15) is 5.83 Å². The van der Waals surface area contributed by atoms with E-state index in [0.29, 0.717) is 25.0 Å². The zero-order chi connectivity index (χ0) is 8.27. The molecule has 1 nitrogen and oxygen atoms in total. The fourth-order valence-corrected chi connectivity index (χ4v) is 1.31. The highest BCUT2D eigenvalue weighted by Crippen LogP contribution is 2.24. The van der Waals surface area contributed by atoms with Gasteiger partial charge in [-0.2, -0.15) is 0 Å². The van der Waals surface area contributed by atoms with Crippen molar-refractivity contribution in [1.82, 2.24) is 5.32 Å². The van der Waals surface area contributed by atoms with Gasteiger partial charge in [-0.05, 0) is 6.42 Å². The Bertz CT molecular complexity index is 208. The van der Waals surface area contributed by atoms with Crippen LogP contribution in [0.5, 0.6) is 0 Å².